The van der Waals surface area contributed by atoms with Gasteiger partial charge in [-0.15, -0.1) is 5.10 Å². The molecule has 5 aromatic rings. The van der Waals surface area contributed by atoms with Gasteiger partial charge in [-0.2, -0.15) is 0 Å². The summed E-state index contributed by atoms with van der Waals surface area (Å²) in [7, 11) is 0. The van der Waals surface area contributed by atoms with E-state index in [4.69, 9.17) is 0 Å². The maximum Gasteiger partial charge on any atom is 0.333 e. The molecule has 0 aliphatic carbocycles. The SMILES string of the molecule is CCCCc1c(C)n(-c2ccccc2)c(=O)n1Cc1ccc(-c2ccccc2-c2nnn[nH]2)cc1. The van der Waals surface area contributed by atoms with Crippen molar-refractivity contribution in [3.8, 4) is 28.2 Å². The van der Waals surface area contributed by atoms with Gasteiger partial charge in [0.2, 0.25) is 0 Å². The van der Waals surface area contributed by atoms with Crippen LogP contribution in [-0.2, 0) is 13.0 Å². The number of hydrogen-bond acceptors (Lipinski definition) is 4. The molecule has 0 saturated carbocycles. The predicted molar refractivity (Wildman–Crippen MR) is 138 cm³/mol. The van der Waals surface area contributed by atoms with Gasteiger partial charge in [-0.1, -0.05) is 80.1 Å². The van der Waals surface area contributed by atoms with Crippen molar-refractivity contribution < 1.29 is 0 Å². The van der Waals surface area contributed by atoms with Gasteiger partial charge < -0.3 is 0 Å². The number of unbranched alkanes of at least 4 members (excludes halogenated alkanes) is 1. The second-order valence-electron chi connectivity index (χ2n) is 8.67. The first-order valence-corrected chi connectivity index (χ1v) is 12.0. The molecule has 0 aliphatic heterocycles. The first kappa shape index (κ1) is 22.5. The highest BCUT2D eigenvalue weighted by atomic mass is 16.1. The number of H-pyrrole nitrogens is 1. The molecule has 0 bridgehead atoms. The summed E-state index contributed by atoms with van der Waals surface area (Å²) in [4.78, 5) is 13.5. The zero-order valence-corrected chi connectivity index (χ0v) is 20.0. The normalized spacial score (nSPS) is 11.1. The molecule has 0 spiro atoms. The Morgan fingerprint density at radius 3 is 2.29 bits per heavy atom. The van der Waals surface area contributed by atoms with E-state index in [1.165, 1.54) is 0 Å². The topological polar surface area (TPSA) is 81.4 Å². The van der Waals surface area contributed by atoms with Crippen LogP contribution in [0.2, 0.25) is 0 Å². The number of rotatable bonds is 8. The third kappa shape index (κ3) is 4.45. The average molecular weight is 465 g/mol. The molecule has 0 unspecified atom stereocenters. The molecule has 35 heavy (non-hydrogen) atoms. The van der Waals surface area contributed by atoms with Gasteiger partial charge in [0.15, 0.2) is 5.82 Å². The van der Waals surface area contributed by atoms with Gasteiger partial charge in [-0.25, -0.2) is 9.89 Å². The number of aromatic nitrogens is 6. The second kappa shape index (κ2) is 9.93. The van der Waals surface area contributed by atoms with Crippen molar-refractivity contribution in [3.63, 3.8) is 0 Å². The molecule has 7 nitrogen and oxygen atoms in total. The molecule has 0 atom stereocenters. The molecule has 2 heterocycles. The Morgan fingerprint density at radius 1 is 0.886 bits per heavy atom. The molecule has 3 aromatic carbocycles. The third-order valence-corrected chi connectivity index (χ3v) is 6.42. The summed E-state index contributed by atoms with van der Waals surface area (Å²) in [5.41, 5.74) is 7.17. The minimum absolute atomic E-state index is 0.00652. The molecule has 5 rings (SSSR count). The van der Waals surface area contributed by atoms with E-state index >= 15 is 0 Å². The lowest BCUT2D eigenvalue weighted by Crippen LogP contribution is -2.25. The van der Waals surface area contributed by atoms with Crippen LogP contribution in [0.15, 0.2) is 83.7 Å². The summed E-state index contributed by atoms with van der Waals surface area (Å²) >= 11 is 0. The van der Waals surface area contributed by atoms with Crippen LogP contribution < -0.4 is 5.69 Å². The fraction of sp³-hybridized carbons (Fsp3) is 0.214. The summed E-state index contributed by atoms with van der Waals surface area (Å²) < 4.78 is 3.77. The van der Waals surface area contributed by atoms with Crippen LogP contribution in [0.4, 0.5) is 0 Å². The van der Waals surface area contributed by atoms with E-state index in [0.717, 1.165) is 58.6 Å². The van der Waals surface area contributed by atoms with Crippen molar-refractivity contribution in [2.45, 2.75) is 39.7 Å². The number of hydrogen-bond donors (Lipinski definition) is 1. The maximum atomic E-state index is 13.5. The molecule has 0 fully saturated rings. The van der Waals surface area contributed by atoms with Crippen LogP contribution in [0.1, 0.15) is 36.7 Å². The molecule has 0 aliphatic rings. The predicted octanol–water partition coefficient (Wildman–Crippen LogP) is 5.19. The summed E-state index contributed by atoms with van der Waals surface area (Å²) in [6.45, 7) is 4.76. The van der Waals surface area contributed by atoms with Gasteiger partial charge in [0.25, 0.3) is 0 Å². The lowest BCUT2D eigenvalue weighted by Gasteiger charge is -2.10. The van der Waals surface area contributed by atoms with E-state index in [-0.39, 0.29) is 5.69 Å². The van der Waals surface area contributed by atoms with E-state index in [1.54, 1.807) is 0 Å². The largest absolute Gasteiger partial charge is 0.333 e. The molecule has 0 amide bonds. The van der Waals surface area contributed by atoms with Crippen molar-refractivity contribution >= 4 is 0 Å². The fourth-order valence-corrected chi connectivity index (χ4v) is 4.60. The van der Waals surface area contributed by atoms with Crippen LogP contribution in [0.5, 0.6) is 0 Å². The molecule has 0 saturated heterocycles. The number of nitrogens with one attached hydrogen (secondary N) is 1. The van der Waals surface area contributed by atoms with E-state index in [0.29, 0.717) is 12.4 Å². The molecule has 2 aromatic heterocycles. The Hall–Kier alpha value is -4.26. The van der Waals surface area contributed by atoms with Gasteiger partial charge in [-0.05, 0) is 59.0 Å². The lowest BCUT2D eigenvalue weighted by atomic mass is 9.98. The van der Waals surface area contributed by atoms with Crippen LogP contribution in [0.3, 0.4) is 0 Å². The standard InChI is InChI=1S/C28H28N6O/c1-3-4-14-26-20(2)34(23-10-6-5-7-11-23)28(35)33(26)19-21-15-17-22(18-16-21)24-12-8-9-13-25(24)27-29-31-32-30-27/h5-13,15-18H,3-4,14,19H2,1-2H3,(H,29,30,31,32). The van der Waals surface area contributed by atoms with E-state index < -0.39 is 0 Å². The van der Waals surface area contributed by atoms with E-state index in [1.807, 2.05) is 64.6 Å². The maximum absolute atomic E-state index is 13.5. The van der Waals surface area contributed by atoms with Crippen molar-refractivity contribution in [3.05, 3.63) is 106 Å². The van der Waals surface area contributed by atoms with Crippen LogP contribution >= 0.6 is 0 Å². The first-order valence-electron chi connectivity index (χ1n) is 12.0. The van der Waals surface area contributed by atoms with Gasteiger partial charge in [-0.3, -0.25) is 9.13 Å². The number of benzene rings is 3. The molecule has 7 heteroatoms. The lowest BCUT2D eigenvalue weighted by molar-refractivity contribution is 0.673. The molecule has 1 N–H and O–H groups in total. The molecular formula is C28H28N6O. The summed E-state index contributed by atoms with van der Waals surface area (Å²) in [5, 5.41) is 14.3. The Bertz CT molecular complexity index is 1460. The van der Waals surface area contributed by atoms with E-state index in [2.05, 4.69) is 57.9 Å². The monoisotopic (exact) mass is 464 g/mol. The number of imidazole rings is 1. The number of tetrazole rings is 1. The Balaban J connectivity index is 1.49. The minimum atomic E-state index is 0.00652. The molecule has 176 valence electrons. The average Bonchev–Trinajstić information content (AvgIpc) is 3.51. The number of aromatic amines is 1. The quantitative estimate of drug-likeness (QED) is 0.343. The highest BCUT2D eigenvalue weighted by Gasteiger charge is 2.18. The summed E-state index contributed by atoms with van der Waals surface area (Å²) in [6, 6.07) is 26.3. The van der Waals surface area contributed by atoms with Gasteiger partial charge >= 0.3 is 5.69 Å². The zero-order chi connectivity index (χ0) is 24.2. The zero-order valence-electron chi connectivity index (χ0n) is 20.0. The first-order chi connectivity index (χ1) is 17.2. The van der Waals surface area contributed by atoms with E-state index in [9.17, 15) is 4.79 Å². The van der Waals surface area contributed by atoms with Crippen LogP contribution in [0, 0.1) is 6.92 Å². The van der Waals surface area contributed by atoms with Crippen LogP contribution in [-0.4, -0.2) is 29.8 Å². The van der Waals surface area contributed by atoms with Gasteiger partial charge in [0, 0.05) is 17.0 Å². The molecular weight excluding hydrogens is 436 g/mol. The number of nitrogens with zero attached hydrogens (tertiary/aromatic N) is 5. The highest BCUT2D eigenvalue weighted by molar-refractivity contribution is 5.80. The van der Waals surface area contributed by atoms with Crippen molar-refractivity contribution in [1.29, 1.82) is 0 Å². The van der Waals surface area contributed by atoms with Crippen molar-refractivity contribution in [2.75, 3.05) is 0 Å². The Morgan fingerprint density at radius 2 is 1.60 bits per heavy atom. The van der Waals surface area contributed by atoms with Gasteiger partial charge in [0.05, 0.1) is 12.2 Å². The summed E-state index contributed by atoms with van der Waals surface area (Å²) in [6.07, 6.45) is 3.01. The van der Waals surface area contributed by atoms with Crippen molar-refractivity contribution in [1.82, 2.24) is 29.8 Å². The fourth-order valence-electron chi connectivity index (χ4n) is 4.60. The van der Waals surface area contributed by atoms with Gasteiger partial charge in [0.1, 0.15) is 0 Å². The third-order valence-electron chi connectivity index (χ3n) is 6.42. The smallest absolute Gasteiger partial charge is 0.291 e. The summed E-state index contributed by atoms with van der Waals surface area (Å²) in [5.74, 6) is 0.634. The second-order valence-corrected chi connectivity index (χ2v) is 8.67. The minimum Gasteiger partial charge on any atom is -0.291 e. The highest BCUT2D eigenvalue weighted by Crippen LogP contribution is 2.30. The number of para-hydroxylation sites is 1. The van der Waals surface area contributed by atoms with Crippen LogP contribution in [0.25, 0.3) is 28.2 Å². The van der Waals surface area contributed by atoms with Crippen molar-refractivity contribution in [2.24, 2.45) is 0 Å². The Labute approximate surface area is 204 Å². The molecule has 0 radical (unpaired) electrons. The Kier molecular flexibility index (Phi) is 6.39.